The maximum Gasteiger partial charge on any atom is 0.264 e. The van der Waals surface area contributed by atoms with E-state index in [4.69, 9.17) is 4.84 Å². The Morgan fingerprint density at radius 1 is 1.39 bits per heavy atom. The molecule has 7 nitrogen and oxygen atoms in total. The van der Waals surface area contributed by atoms with Gasteiger partial charge in [-0.2, -0.15) is 5.26 Å². The third kappa shape index (κ3) is 4.44. The summed E-state index contributed by atoms with van der Waals surface area (Å²) in [5.74, 6) is 1.44. The molecule has 1 aromatic rings. The van der Waals surface area contributed by atoms with E-state index in [1.165, 1.54) is 0 Å². The summed E-state index contributed by atoms with van der Waals surface area (Å²) in [6.07, 6.45) is 2.00. The Balaban J connectivity index is 1.49. The quantitative estimate of drug-likeness (QED) is 0.844. The molecule has 2 aliphatic heterocycles. The highest BCUT2D eigenvalue weighted by Gasteiger charge is 2.30. The molecule has 0 spiro atoms. The van der Waals surface area contributed by atoms with Crippen LogP contribution in [0.2, 0.25) is 0 Å². The summed E-state index contributed by atoms with van der Waals surface area (Å²) < 4.78 is 0. The van der Waals surface area contributed by atoms with E-state index in [1.54, 1.807) is 0 Å². The molecule has 3 rings (SSSR count). The number of amides is 1. The van der Waals surface area contributed by atoms with E-state index in [1.807, 2.05) is 19.9 Å². The second kappa shape index (κ2) is 8.59. The molecule has 0 radical (unpaired) electrons. The monoisotopic (exact) mass is 383 g/mol. The summed E-state index contributed by atoms with van der Waals surface area (Å²) in [4.78, 5) is 24.4. The zero-order valence-electron chi connectivity index (χ0n) is 17.2. The van der Waals surface area contributed by atoms with Crippen molar-refractivity contribution in [1.29, 1.82) is 5.26 Å². The maximum atomic E-state index is 12.3. The van der Waals surface area contributed by atoms with Crippen molar-refractivity contribution in [3.63, 3.8) is 0 Å². The highest BCUT2D eigenvalue weighted by atomic mass is 16.6. The second-order valence-corrected chi connectivity index (χ2v) is 8.10. The molecule has 0 saturated carbocycles. The van der Waals surface area contributed by atoms with E-state index in [2.05, 4.69) is 40.3 Å². The molecule has 3 heterocycles. The van der Waals surface area contributed by atoms with Gasteiger partial charge in [-0.3, -0.25) is 4.79 Å². The van der Waals surface area contributed by atoms with E-state index in [-0.39, 0.29) is 5.91 Å². The number of carbonyl (C=O) groups excluding carboxylic acids is 1. The molecule has 150 valence electrons. The van der Waals surface area contributed by atoms with Gasteiger partial charge in [0.15, 0.2) is 0 Å². The molecule has 0 bridgehead atoms. The van der Waals surface area contributed by atoms with Gasteiger partial charge in [0.25, 0.3) is 5.91 Å². The lowest BCUT2D eigenvalue weighted by Gasteiger charge is -2.33. The molecule has 1 aromatic heterocycles. The van der Waals surface area contributed by atoms with E-state index in [0.717, 1.165) is 48.7 Å². The van der Waals surface area contributed by atoms with Gasteiger partial charge in [-0.05, 0) is 50.2 Å². The Kier molecular flexibility index (Phi) is 6.18. The number of hydrogen-bond donors (Lipinski definition) is 1. The van der Waals surface area contributed by atoms with Crippen molar-refractivity contribution in [3.05, 3.63) is 22.9 Å². The van der Waals surface area contributed by atoms with Crippen LogP contribution in [0.1, 0.15) is 49.9 Å². The minimum atomic E-state index is -0.491. The van der Waals surface area contributed by atoms with Crippen LogP contribution in [-0.2, 0) is 9.63 Å². The van der Waals surface area contributed by atoms with Gasteiger partial charge in [-0.25, -0.2) is 4.98 Å². The third-order valence-electron chi connectivity index (χ3n) is 5.57. The van der Waals surface area contributed by atoms with Crippen LogP contribution in [0.5, 0.6) is 0 Å². The number of aromatic nitrogens is 1. The predicted octanol–water partition coefficient (Wildman–Crippen LogP) is 2.70. The first-order chi connectivity index (χ1) is 13.4. The highest BCUT2D eigenvalue weighted by molar-refractivity contribution is 5.93. The van der Waals surface area contributed by atoms with Gasteiger partial charge in [-0.1, -0.05) is 19.0 Å². The first kappa shape index (κ1) is 20.1. The molecule has 0 aromatic carbocycles. The van der Waals surface area contributed by atoms with Crippen molar-refractivity contribution in [2.45, 2.75) is 53.1 Å². The van der Waals surface area contributed by atoms with Crippen molar-refractivity contribution in [1.82, 2.24) is 10.3 Å². The number of nitriles is 1. The standard InChI is InChI=1S/C21H29N5O2/c1-13(2)18-10-19(28-25-18)21(27)23-12-16-5-7-26(8-6-16)20-17(11-22)14(3)9-15(4)24-20/h9,13,16,19H,5-8,10,12H2,1-4H3,(H,23,27). The largest absolute Gasteiger partial charge is 0.382 e. The first-order valence-electron chi connectivity index (χ1n) is 10.0. The maximum absolute atomic E-state index is 12.3. The molecule has 1 fully saturated rings. The molecule has 0 aliphatic carbocycles. The summed E-state index contributed by atoms with van der Waals surface area (Å²) in [6.45, 7) is 10.3. The Bertz CT molecular complexity index is 804. The molecular weight excluding hydrogens is 354 g/mol. The van der Waals surface area contributed by atoms with Gasteiger partial charge in [0, 0.05) is 31.7 Å². The van der Waals surface area contributed by atoms with Crippen LogP contribution in [0.4, 0.5) is 5.82 Å². The molecule has 1 N–H and O–H groups in total. The average Bonchev–Trinajstić information content (AvgIpc) is 3.17. The van der Waals surface area contributed by atoms with Gasteiger partial charge in [0.1, 0.15) is 11.9 Å². The van der Waals surface area contributed by atoms with Crippen LogP contribution >= 0.6 is 0 Å². The zero-order valence-corrected chi connectivity index (χ0v) is 17.2. The zero-order chi connectivity index (χ0) is 20.3. The predicted molar refractivity (Wildman–Crippen MR) is 108 cm³/mol. The smallest absolute Gasteiger partial charge is 0.264 e. The number of carbonyl (C=O) groups is 1. The lowest BCUT2D eigenvalue weighted by Crippen LogP contribution is -2.42. The number of nitrogens with zero attached hydrogens (tertiary/aromatic N) is 4. The van der Waals surface area contributed by atoms with Gasteiger partial charge in [-0.15, -0.1) is 0 Å². The van der Waals surface area contributed by atoms with Crippen molar-refractivity contribution < 1.29 is 9.63 Å². The van der Waals surface area contributed by atoms with E-state index in [0.29, 0.717) is 30.4 Å². The molecule has 1 atom stereocenters. The van der Waals surface area contributed by atoms with E-state index >= 15 is 0 Å². The first-order valence-corrected chi connectivity index (χ1v) is 10.0. The van der Waals surface area contributed by atoms with Crippen LogP contribution < -0.4 is 10.2 Å². The van der Waals surface area contributed by atoms with Gasteiger partial charge >= 0.3 is 0 Å². The third-order valence-corrected chi connectivity index (χ3v) is 5.57. The number of hydrogen-bond acceptors (Lipinski definition) is 6. The molecular formula is C21H29N5O2. The van der Waals surface area contributed by atoms with Crippen LogP contribution in [0.3, 0.4) is 0 Å². The number of aryl methyl sites for hydroxylation is 2. The number of anilines is 1. The Morgan fingerprint density at radius 3 is 2.71 bits per heavy atom. The second-order valence-electron chi connectivity index (χ2n) is 8.10. The minimum Gasteiger partial charge on any atom is -0.382 e. The molecule has 1 saturated heterocycles. The van der Waals surface area contributed by atoms with E-state index in [9.17, 15) is 10.1 Å². The average molecular weight is 383 g/mol. The van der Waals surface area contributed by atoms with Crippen molar-refractivity contribution in [3.8, 4) is 6.07 Å². The number of oxime groups is 1. The Hall–Kier alpha value is -2.62. The van der Waals surface area contributed by atoms with Crippen molar-refractivity contribution in [2.24, 2.45) is 17.0 Å². The Morgan fingerprint density at radius 2 is 2.11 bits per heavy atom. The summed E-state index contributed by atoms with van der Waals surface area (Å²) >= 11 is 0. The topological polar surface area (TPSA) is 90.6 Å². The molecule has 2 aliphatic rings. The lowest BCUT2D eigenvalue weighted by atomic mass is 9.96. The molecule has 28 heavy (non-hydrogen) atoms. The number of pyridine rings is 1. The minimum absolute atomic E-state index is 0.0791. The van der Waals surface area contributed by atoms with Crippen LogP contribution in [0.25, 0.3) is 0 Å². The lowest BCUT2D eigenvalue weighted by molar-refractivity contribution is -0.131. The fourth-order valence-corrected chi connectivity index (χ4v) is 3.77. The summed E-state index contributed by atoms with van der Waals surface area (Å²) in [5.41, 5.74) is 3.51. The normalized spacial score (nSPS) is 19.9. The van der Waals surface area contributed by atoms with Crippen LogP contribution in [0, 0.1) is 37.0 Å². The van der Waals surface area contributed by atoms with Gasteiger partial charge in [0.05, 0.1) is 11.3 Å². The van der Waals surface area contributed by atoms with E-state index < -0.39 is 6.10 Å². The fraction of sp³-hybridized carbons (Fsp3) is 0.619. The van der Waals surface area contributed by atoms with Crippen LogP contribution in [-0.4, -0.2) is 42.3 Å². The van der Waals surface area contributed by atoms with Crippen LogP contribution in [0.15, 0.2) is 11.2 Å². The fourth-order valence-electron chi connectivity index (χ4n) is 3.77. The number of piperidine rings is 1. The molecule has 1 unspecified atom stereocenters. The van der Waals surface area contributed by atoms with Crippen molar-refractivity contribution >= 4 is 17.4 Å². The number of nitrogens with one attached hydrogen (secondary N) is 1. The molecule has 7 heteroatoms. The summed E-state index contributed by atoms with van der Waals surface area (Å²) in [6, 6.07) is 4.24. The summed E-state index contributed by atoms with van der Waals surface area (Å²) in [5, 5.41) is 16.5. The Labute approximate surface area is 166 Å². The van der Waals surface area contributed by atoms with Gasteiger partial charge in [0.2, 0.25) is 6.10 Å². The summed E-state index contributed by atoms with van der Waals surface area (Å²) in [7, 11) is 0. The number of rotatable bonds is 5. The highest BCUT2D eigenvalue weighted by Crippen LogP contribution is 2.26. The molecule has 1 amide bonds. The van der Waals surface area contributed by atoms with Crippen molar-refractivity contribution in [2.75, 3.05) is 24.5 Å². The van der Waals surface area contributed by atoms with Gasteiger partial charge < -0.3 is 15.1 Å². The SMILES string of the molecule is Cc1cc(C)c(C#N)c(N2CCC(CNC(=O)C3CC(C(C)C)=NO3)CC2)n1.